The Morgan fingerprint density at radius 1 is 1.32 bits per heavy atom. The summed E-state index contributed by atoms with van der Waals surface area (Å²) in [6.07, 6.45) is 8.73. The maximum atomic E-state index is 12.3. The van der Waals surface area contributed by atoms with Crippen molar-refractivity contribution in [3.8, 4) is 12.8 Å². The Morgan fingerprint density at radius 3 is 2.50 bits per heavy atom. The van der Waals surface area contributed by atoms with Crippen molar-refractivity contribution in [3.63, 3.8) is 0 Å². The van der Waals surface area contributed by atoms with Crippen LogP contribution in [-0.2, 0) is 6.54 Å². The second-order valence-corrected chi connectivity index (χ2v) is 7.44. The van der Waals surface area contributed by atoms with Crippen molar-refractivity contribution in [2.75, 3.05) is 0 Å². The normalized spacial score (nSPS) is 11.8. The van der Waals surface area contributed by atoms with Crippen LogP contribution in [0.5, 0.6) is 0 Å². The van der Waals surface area contributed by atoms with Crippen LogP contribution in [0.4, 0.5) is 0 Å². The molecule has 28 heavy (non-hydrogen) atoms. The van der Waals surface area contributed by atoms with Gasteiger partial charge in [-0.05, 0) is 43.0 Å². The summed E-state index contributed by atoms with van der Waals surface area (Å²) in [7, 11) is 0. The van der Waals surface area contributed by atoms with E-state index in [1.165, 1.54) is 0 Å². The summed E-state index contributed by atoms with van der Waals surface area (Å²) in [6, 6.07) is 7.77. The number of carboxylic acids is 1. The number of fused-ring (bicyclic) bond motifs is 2. The molecule has 4 rings (SSSR count). The fourth-order valence-corrected chi connectivity index (χ4v) is 3.95. The predicted octanol–water partition coefficient (Wildman–Crippen LogP) is 4.78. The van der Waals surface area contributed by atoms with Crippen LogP contribution in [0.3, 0.4) is 0 Å². The van der Waals surface area contributed by atoms with Gasteiger partial charge in [-0.3, -0.25) is 9.36 Å². The molecule has 1 aliphatic rings. The largest absolute Gasteiger partial charge is 0.477 e. The van der Waals surface area contributed by atoms with Crippen LogP contribution in [-0.4, -0.2) is 20.6 Å². The Labute approximate surface area is 171 Å². The lowest BCUT2D eigenvalue weighted by molar-refractivity contribution is 0.0701. The van der Waals surface area contributed by atoms with Crippen molar-refractivity contribution in [1.29, 1.82) is 0 Å². The summed E-state index contributed by atoms with van der Waals surface area (Å²) >= 11 is 6.76. The van der Waals surface area contributed by atoms with Gasteiger partial charge in [0.05, 0.1) is 5.39 Å². The highest BCUT2D eigenvalue weighted by Crippen LogP contribution is 2.30. The lowest BCUT2D eigenvalue weighted by Crippen LogP contribution is -2.20. The highest BCUT2D eigenvalue weighted by atomic mass is 35.5. The van der Waals surface area contributed by atoms with Gasteiger partial charge in [0, 0.05) is 11.6 Å². The number of aryl methyl sites for hydroxylation is 2. The Hall–Kier alpha value is -2.88. The monoisotopic (exact) mass is 414 g/mol. The Bertz CT molecular complexity index is 1120. The van der Waals surface area contributed by atoms with Crippen LogP contribution >= 0.6 is 22.9 Å². The summed E-state index contributed by atoms with van der Waals surface area (Å²) in [4.78, 5) is 28.4. The summed E-state index contributed by atoms with van der Waals surface area (Å²) in [5.74, 6) is -0.426. The minimum atomic E-state index is -1.01. The van der Waals surface area contributed by atoms with Crippen molar-refractivity contribution in [1.82, 2.24) is 9.55 Å². The molecule has 3 heterocycles. The zero-order chi connectivity index (χ0) is 21.0. The zero-order valence-corrected chi connectivity index (χ0v) is 17.1. The number of terminal acetylenes is 1. The third kappa shape index (κ3) is 4.01. The molecule has 0 amide bonds. The number of benzene rings is 1. The van der Waals surface area contributed by atoms with Gasteiger partial charge in [-0.1, -0.05) is 36.4 Å². The molecular formula is C21H19ClN2O3S. The quantitative estimate of drug-likeness (QED) is 0.581. The maximum Gasteiger partial charge on any atom is 0.346 e. The number of carboxylic acid groups (broad SMARTS) is 1. The molecule has 0 saturated carbocycles. The molecule has 0 saturated heterocycles. The van der Waals surface area contributed by atoms with Crippen molar-refractivity contribution < 1.29 is 9.90 Å². The molecule has 1 aliphatic heterocycles. The van der Waals surface area contributed by atoms with E-state index in [1.807, 2.05) is 31.2 Å². The third-order valence-electron chi connectivity index (χ3n) is 4.27. The van der Waals surface area contributed by atoms with Crippen LogP contribution in [0.2, 0.25) is 5.02 Å². The van der Waals surface area contributed by atoms with Crippen molar-refractivity contribution >= 4 is 44.7 Å². The van der Waals surface area contributed by atoms with Gasteiger partial charge in [0.1, 0.15) is 15.5 Å². The number of carbonyl (C=O) groups is 1. The molecule has 5 nitrogen and oxygen atoms in total. The lowest BCUT2D eigenvalue weighted by Gasteiger charge is -2.02. The summed E-state index contributed by atoms with van der Waals surface area (Å²) in [5, 5.41) is 10.3. The Balaban J connectivity index is 0.000000236. The lowest BCUT2D eigenvalue weighted by atomic mass is 10.2. The topological polar surface area (TPSA) is 72.2 Å². The van der Waals surface area contributed by atoms with Crippen LogP contribution in [0, 0.1) is 26.7 Å². The van der Waals surface area contributed by atoms with Gasteiger partial charge in [0.15, 0.2) is 0 Å². The molecule has 7 heteroatoms. The first-order chi connectivity index (χ1) is 13.3. The van der Waals surface area contributed by atoms with Crippen molar-refractivity contribution in [2.24, 2.45) is 0 Å². The van der Waals surface area contributed by atoms with E-state index >= 15 is 0 Å². The third-order valence-corrected chi connectivity index (χ3v) is 5.87. The molecule has 0 aliphatic carbocycles. The molecule has 144 valence electrons. The maximum absolute atomic E-state index is 12.3. The van der Waals surface area contributed by atoms with E-state index in [-0.39, 0.29) is 10.4 Å². The van der Waals surface area contributed by atoms with Gasteiger partial charge in [0.25, 0.3) is 5.56 Å². The van der Waals surface area contributed by atoms with E-state index in [4.69, 9.17) is 16.7 Å². The number of halogens is 1. The zero-order valence-electron chi connectivity index (χ0n) is 15.5. The van der Waals surface area contributed by atoms with E-state index in [1.54, 1.807) is 11.5 Å². The van der Waals surface area contributed by atoms with Crippen LogP contribution in [0.1, 0.15) is 33.0 Å². The molecule has 1 N–H and O–H groups in total. The van der Waals surface area contributed by atoms with Crippen LogP contribution < -0.4 is 5.56 Å². The first-order valence-corrected chi connectivity index (χ1v) is 9.50. The second-order valence-electron chi connectivity index (χ2n) is 6.04. The minimum absolute atomic E-state index is 0.157. The first kappa shape index (κ1) is 21.4. The molecule has 1 aromatic carbocycles. The van der Waals surface area contributed by atoms with Crippen LogP contribution in [0.15, 0.2) is 35.6 Å². The smallest absolute Gasteiger partial charge is 0.346 e. The van der Waals surface area contributed by atoms with E-state index in [2.05, 4.69) is 24.4 Å². The van der Waals surface area contributed by atoms with E-state index in [0.29, 0.717) is 28.1 Å². The number of aromatic carboxylic acids is 1. The average molecular weight is 415 g/mol. The van der Waals surface area contributed by atoms with Crippen molar-refractivity contribution in [3.05, 3.63) is 68.0 Å². The molecule has 0 spiro atoms. The van der Waals surface area contributed by atoms with E-state index in [9.17, 15) is 9.59 Å². The number of thiophene rings is 1. The standard InChI is InChI=1S/C12H10N2O3S.C7H7Cl.C2H2/c1-5-3-4-14-9(5)13-10-7(11(14)15)6(2)8(18-10)12(16)17;1-6-4-2-3-5-7(6)8;1-2/h1,3-4H2,2H3,(H,16,17);2-5H,1H3;1-2H. The van der Waals surface area contributed by atoms with Gasteiger partial charge >= 0.3 is 5.97 Å². The van der Waals surface area contributed by atoms with Gasteiger partial charge in [-0.15, -0.1) is 24.2 Å². The fraction of sp³-hybridized carbons (Fsp3) is 0.190. The highest BCUT2D eigenvalue weighted by molar-refractivity contribution is 7.20. The number of hydrogen-bond donors (Lipinski definition) is 1. The molecule has 0 radical (unpaired) electrons. The summed E-state index contributed by atoms with van der Waals surface area (Å²) in [5.41, 5.74) is 2.31. The average Bonchev–Trinajstić information content (AvgIpc) is 3.21. The highest BCUT2D eigenvalue weighted by Gasteiger charge is 2.24. The minimum Gasteiger partial charge on any atom is -0.477 e. The number of rotatable bonds is 1. The van der Waals surface area contributed by atoms with Crippen molar-refractivity contribution in [2.45, 2.75) is 26.8 Å². The number of allylic oxidation sites excluding steroid dienone is 1. The molecule has 3 aromatic rings. The molecular weight excluding hydrogens is 396 g/mol. The second kappa shape index (κ2) is 8.87. The molecule has 0 unspecified atom stereocenters. The first-order valence-electron chi connectivity index (χ1n) is 8.31. The SMILES string of the molecule is C#C.C=C1CCn2c1nc1sc(C(=O)O)c(C)c1c2=O.Cc1ccccc1Cl. The molecule has 2 aromatic heterocycles. The van der Waals surface area contributed by atoms with Gasteiger partial charge in [-0.2, -0.15) is 0 Å². The fourth-order valence-electron chi connectivity index (χ4n) is 2.81. The molecule has 0 bridgehead atoms. The predicted molar refractivity (Wildman–Crippen MR) is 115 cm³/mol. The molecule has 0 atom stereocenters. The Morgan fingerprint density at radius 2 is 1.96 bits per heavy atom. The summed E-state index contributed by atoms with van der Waals surface area (Å²) < 4.78 is 1.58. The number of hydrogen-bond acceptors (Lipinski definition) is 4. The van der Waals surface area contributed by atoms with Gasteiger partial charge < -0.3 is 5.11 Å². The molecule has 0 fully saturated rings. The summed E-state index contributed by atoms with van der Waals surface area (Å²) in [6.45, 7) is 8.09. The van der Waals surface area contributed by atoms with E-state index < -0.39 is 5.97 Å². The van der Waals surface area contributed by atoms with Gasteiger partial charge in [-0.25, -0.2) is 9.78 Å². The number of nitrogens with zero attached hydrogens (tertiary/aromatic N) is 2. The Kier molecular flexibility index (Phi) is 6.79. The van der Waals surface area contributed by atoms with Gasteiger partial charge in [0.2, 0.25) is 0 Å². The van der Waals surface area contributed by atoms with Crippen LogP contribution in [0.25, 0.3) is 15.8 Å². The number of aromatic nitrogens is 2. The van der Waals surface area contributed by atoms with E-state index in [0.717, 1.165) is 33.9 Å².